The van der Waals surface area contributed by atoms with Gasteiger partial charge in [-0.3, -0.25) is 4.79 Å². The monoisotopic (exact) mass is 577 g/mol. The quantitative estimate of drug-likeness (QED) is 0.344. The minimum absolute atomic E-state index is 0.105. The van der Waals surface area contributed by atoms with Gasteiger partial charge in [0, 0.05) is 48.5 Å². The number of aromatic nitrogens is 1. The first-order chi connectivity index (χ1) is 19.7. The zero-order chi connectivity index (χ0) is 28.8. The van der Waals surface area contributed by atoms with Gasteiger partial charge in [-0.25, -0.2) is 18.4 Å². The van der Waals surface area contributed by atoms with Gasteiger partial charge in [0.25, 0.3) is 0 Å². The van der Waals surface area contributed by atoms with Gasteiger partial charge in [-0.2, -0.15) is 0 Å². The van der Waals surface area contributed by atoms with Gasteiger partial charge in [0.1, 0.15) is 23.8 Å². The van der Waals surface area contributed by atoms with Gasteiger partial charge in [-0.05, 0) is 54.1 Å². The molecule has 0 saturated carbocycles. The van der Waals surface area contributed by atoms with Gasteiger partial charge in [0.2, 0.25) is 5.43 Å². The molecule has 1 fully saturated rings. The number of fused-ring (bicyclic) bond motifs is 1. The number of carbonyl (C=O) groups excluding carboxylic acids is 1. The van der Waals surface area contributed by atoms with E-state index in [0.29, 0.717) is 48.0 Å². The first-order valence-corrected chi connectivity index (χ1v) is 13.1. The lowest BCUT2D eigenvalue weighted by Crippen LogP contribution is -2.46. The Morgan fingerprint density at radius 1 is 0.927 bits per heavy atom. The highest BCUT2D eigenvalue weighted by atomic mass is 35.5. The predicted molar refractivity (Wildman–Crippen MR) is 150 cm³/mol. The summed E-state index contributed by atoms with van der Waals surface area (Å²) in [5.41, 5.74) is 1.44. The average molecular weight is 578 g/mol. The number of halogens is 3. The molecule has 0 atom stereocenters. The number of ether oxygens (including phenoxy) is 1. The van der Waals surface area contributed by atoms with E-state index >= 15 is 4.39 Å². The summed E-state index contributed by atoms with van der Waals surface area (Å²) in [6.07, 6.45) is 1.17. The Hall–Kier alpha value is -4.70. The molecule has 41 heavy (non-hydrogen) atoms. The maximum Gasteiger partial charge on any atom is 0.341 e. The molecular formula is C30H22ClF2N3O5. The molecule has 0 spiro atoms. The van der Waals surface area contributed by atoms with Crippen LogP contribution in [0.5, 0.6) is 0 Å². The molecule has 3 heterocycles. The van der Waals surface area contributed by atoms with Gasteiger partial charge in [0.05, 0.1) is 22.5 Å². The van der Waals surface area contributed by atoms with Crippen molar-refractivity contribution >= 4 is 45.7 Å². The number of cyclic esters (lactones) is 1. The van der Waals surface area contributed by atoms with Crippen molar-refractivity contribution in [2.45, 2.75) is 0 Å². The second-order valence-corrected chi connectivity index (χ2v) is 10.2. The van der Waals surface area contributed by atoms with Crippen molar-refractivity contribution in [3.8, 4) is 5.69 Å². The lowest BCUT2D eigenvalue weighted by molar-refractivity contribution is -0.134. The molecule has 11 heteroatoms. The lowest BCUT2D eigenvalue weighted by Gasteiger charge is -2.38. The summed E-state index contributed by atoms with van der Waals surface area (Å²) in [5, 5.41) is 9.98. The second-order valence-electron chi connectivity index (χ2n) is 9.73. The maximum atomic E-state index is 15.5. The first kappa shape index (κ1) is 26.5. The van der Waals surface area contributed by atoms with E-state index < -0.39 is 34.6 Å². The van der Waals surface area contributed by atoms with Crippen molar-refractivity contribution < 1.29 is 28.2 Å². The van der Waals surface area contributed by atoms with Crippen LogP contribution < -0.4 is 10.3 Å². The van der Waals surface area contributed by atoms with Crippen molar-refractivity contribution in [2.75, 3.05) is 37.7 Å². The van der Waals surface area contributed by atoms with Crippen LogP contribution in [0.15, 0.2) is 77.4 Å². The van der Waals surface area contributed by atoms with Gasteiger partial charge < -0.3 is 24.2 Å². The summed E-state index contributed by atoms with van der Waals surface area (Å²) < 4.78 is 35.9. The third kappa shape index (κ3) is 4.80. The van der Waals surface area contributed by atoms with Gasteiger partial charge in [-0.15, -0.1) is 0 Å². The Morgan fingerprint density at radius 2 is 1.63 bits per heavy atom. The smallest absolute Gasteiger partial charge is 0.341 e. The highest BCUT2D eigenvalue weighted by Gasteiger charge is 2.32. The normalized spacial score (nSPS) is 15.5. The number of carboxylic acids is 1. The number of rotatable bonds is 5. The summed E-state index contributed by atoms with van der Waals surface area (Å²) in [7, 11) is 0. The van der Waals surface area contributed by atoms with Gasteiger partial charge in [0.15, 0.2) is 0 Å². The first-order valence-electron chi connectivity index (χ1n) is 12.8. The molecular weight excluding hydrogens is 556 g/mol. The average Bonchev–Trinajstić information content (AvgIpc) is 3.35. The molecule has 0 amide bonds. The van der Waals surface area contributed by atoms with Gasteiger partial charge >= 0.3 is 11.9 Å². The van der Waals surface area contributed by atoms with Crippen LogP contribution in [0.2, 0.25) is 5.02 Å². The summed E-state index contributed by atoms with van der Waals surface area (Å²) in [6.45, 7) is 1.86. The summed E-state index contributed by atoms with van der Waals surface area (Å²) in [4.78, 5) is 41.1. The standard InChI is InChI=1S/C30H22ClF2N3O5/c31-18-3-1-2-17(12-18)27-26(16-41-30(27)40)35-10-8-34(9-11-35)25-14-24-21(13-23(25)33)28(37)22(29(38)39)15-36(24)20-6-4-19(32)5-7-20/h1-7,12-15H,8-11,16H2,(H,38,39). The van der Waals surface area contributed by atoms with Crippen LogP contribution in [0.1, 0.15) is 15.9 Å². The highest BCUT2D eigenvalue weighted by Crippen LogP contribution is 2.32. The van der Waals surface area contributed by atoms with Crippen LogP contribution in [-0.4, -0.2) is 59.3 Å². The molecule has 3 aromatic carbocycles. The van der Waals surface area contributed by atoms with Gasteiger partial charge in [-0.1, -0.05) is 23.7 Å². The van der Waals surface area contributed by atoms with E-state index in [4.69, 9.17) is 16.3 Å². The molecule has 1 saturated heterocycles. The number of esters is 1. The summed E-state index contributed by atoms with van der Waals surface area (Å²) >= 11 is 6.14. The largest absolute Gasteiger partial charge is 0.477 e. The Morgan fingerprint density at radius 3 is 2.32 bits per heavy atom. The number of aromatic carboxylic acids is 1. The Bertz CT molecular complexity index is 1810. The molecule has 8 nitrogen and oxygen atoms in total. The Labute approximate surface area is 237 Å². The number of hydrogen-bond donors (Lipinski definition) is 1. The van der Waals surface area contributed by atoms with Crippen LogP contribution in [-0.2, 0) is 9.53 Å². The van der Waals surface area contributed by atoms with Crippen LogP contribution in [0.4, 0.5) is 14.5 Å². The minimum Gasteiger partial charge on any atom is -0.477 e. The number of hydrogen-bond acceptors (Lipinski definition) is 6. The van der Waals surface area contributed by atoms with E-state index in [1.807, 2.05) is 9.80 Å². The molecule has 0 aliphatic carbocycles. The number of carboxylic acid groups (broad SMARTS) is 1. The van der Waals surface area contributed by atoms with Crippen LogP contribution >= 0.6 is 11.6 Å². The van der Waals surface area contributed by atoms with E-state index in [2.05, 4.69) is 0 Å². The maximum absolute atomic E-state index is 15.5. The minimum atomic E-state index is -1.45. The fourth-order valence-corrected chi connectivity index (χ4v) is 5.53. The van der Waals surface area contributed by atoms with E-state index in [0.717, 1.165) is 11.8 Å². The third-order valence-electron chi connectivity index (χ3n) is 7.36. The van der Waals surface area contributed by atoms with Crippen LogP contribution in [0, 0.1) is 11.6 Å². The Kier molecular flexibility index (Phi) is 6.70. The Balaban J connectivity index is 1.36. The fourth-order valence-electron chi connectivity index (χ4n) is 5.34. The number of piperazine rings is 1. The number of anilines is 1. The van der Waals surface area contributed by atoms with Crippen LogP contribution in [0.3, 0.4) is 0 Å². The summed E-state index contributed by atoms with van der Waals surface area (Å²) in [5.74, 6) is -3.03. The van der Waals surface area contributed by atoms with E-state index in [-0.39, 0.29) is 23.2 Å². The zero-order valence-electron chi connectivity index (χ0n) is 21.4. The van der Waals surface area contributed by atoms with Crippen molar-refractivity contribution in [1.29, 1.82) is 0 Å². The van der Waals surface area contributed by atoms with E-state index in [9.17, 15) is 23.9 Å². The van der Waals surface area contributed by atoms with E-state index in [1.165, 1.54) is 41.1 Å². The molecule has 4 aromatic rings. The highest BCUT2D eigenvalue weighted by molar-refractivity contribution is 6.31. The van der Waals surface area contributed by atoms with Crippen molar-refractivity contribution in [2.24, 2.45) is 0 Å². The summed E-state index contributed by atoms with van der Waals surface area (Å²) in [6, 6.07) is 14.9. The molecule has 1 aromatic heterocycles. The molecule has 0 unspecified atom stereocenters. The molecule has 0 radical (unpaired) electrons. The van der Waals surface area contributed by atoms with Crippen molar-refractivity contribution in [1.82, 2.24) is 9.47 Å². The molecule has 2 aliphatic heterocycles. The molecule has 6 rings (SSSR count). The molecule has 1 N–H and O–H groups in total. The zero-order valence-corrected chi connectivity index (χ0v) is 22.2. The SMILES string of the molecule is O=C1OCC(N2CCN(c3cc4c(cc3F)c(=O)c(C(=O)O)cn4-c3ccc(F)cc3)CC2)=C1c1cccc(Cl)c1. The van der Waals surface area contributed by atoms with Crippen LogP contribution in [0.25, 0.3) is 22.2 Å². The number of nitrogens with zero attached hydrogens (tertiary/aromatic N) is 3. The number of carbonyl (C=O) groups is 2. The molecule has 0 bridgehead atoms. The number of pyridine rings is 1. The lowest BCUT2D eigenvalue weighted by atomic mass is 10.0. The number of benzene rings is 3. The third-order valence-corrected chi connectivity index (χ3v) is 7.59. The molecule has 2 aliphatic rings. The van der Waals surface area contributed by atoms with E-state index in [1.54, 1.807) is 24.3 Å². The van der Waals surface area contributed by atoms with Crippen molar-refractivity contribution in [3.63, 3.8) is 0 Å². The second kappa shape index (κ2) is 10.4. The fraction of sp³-hybridized carbons (Fsp3) is 0.167. The van der Waals surface area contributed by atoms with Crippen molar-refractivity contribution in [3.05, 3.63) is 111 Å². The predicted octanol–water partition coefficient (Wildman–Crippen LogP) is 4.71. The molecule has 208 valence electrons. The topological polar surface area (TPSA) is 92.1 Å².